The summed E-state index contributed by atoms with van der Waals surface area (Å²) in [4.78, 5) is 13.1. The molecule has 0 spiro atoms. The molecule has 7 nitrogen and oxygen atoms in total. The summed E-state index contributed by atoms with van der Waals surface area (Å²) in [5.74, 6) is 0.355. The number of sulfonamides is 1. The molecule has 8 heteroatoms. The Morgan fingerprint density at radius 1 is 1.06 bits per heavy atom. The number of para-hydroxylation sites is 1. The highest BCUT2D eigenvalue weighted by Gasteiger charge is 2.27. The van der Waals surface area contributed by atoms with Crippen LogP contribution in [0.5, 0.6) is 5.75 Å². The van der Waals surface area contributed by atoms with Crippen molar-refractivity contribution in [3.63, 3.8) is 0 Å². The zero-order valence-electron chi connectivity index (χ0n) is 17.9. The van der Waals surface area contributed by atoms with E-state index in [1.54, 1.807) is 18.2 Å². The first-order chi connectivity index (χ1) is 15.4. The highest BCUT2D eigenvalue weighted by Crippen LogP contribution is 2.26. The van der Waals surface area contributed by atoms with Crippen molar-refractivity contribution in [1.82, 2.24) is 4.31 Å². The number of furan rings is 1. The van der Waals surface area contributed by atoms with Crippen molar-refractivity contribution in [2.75, 3.05) is 18.4 Å². The third-order valence-electron chi connectivity index (χ3n) is 5.50. The molecule has 0 atom stereocenters. The minimum atomic E-state index is -3.60. The normalized spacial score (nSPS) is 14.8. The third kappa shape index (κ3) is 4.87. The first-order valence-corrected chi connectivity index (χ1v) is 12.1. The molecule has 3 aromatic rings. The van der Waals surface area contributed by atoms with E-state index in [2.05, 4.69) is 5.32 Å². The summed E-state index contributed by atoms with van der Waals surface area (Å²) in [7, 11) is -3.60. The molecule has 0 saturated carbocycles. The second-order valence-electron chi connectivity index (χ2n) is 7.77. The number of carbonyl (C=O) groups excluding carboxylic acids is 1. The topological polar surface area (TPSA) is 88.9 Å². The van der Waals surface area contributed by atoms with Crippen LogP contribution in [-0.4, -0.2) is 31.7 Å². The van der Waals surface area contributed by atoms with Crippen LogP contribution >= 0.6 is 0 Å². The van der Waals surface area contributed by atoms with Gasteiger partial charge in [-0.2, -0.15) is 4.31 Å². The maximum atomic E-state index is 13.0. The lowest BCUT2D eigenvalue weighted by Gasteiger charge is -2.26. The molecule has 1 aliphatic rings. The van der Waals surface area contributed by atoms with E-state index in [0.29, 0.717) is 30.1 Å². The quantitative estimate of drug-likeness (QED) is 0.564. The molecule has 32 heavy (non-hydrogen) atoms. The standard InChI is InChI=1S/C24H26N2O5S/c1-18-10-11-21(32(28,29)26-13-6-3-7-14-26)16-22(18)25-24(27)23-19(12-15-30-23)17-31-20-8-4-2-5-9-20/h2,4-5,8-12,15-16H,3,6-7,13-14,17H2,1H3,(H,25,27). The van der Waals surface area contributed by atoms with Crippen LogP contribution in [0.25, 0.3) is 0 Å². The van der Waals surface area contributed by atoms with Gasteiger partial charge in [0.2, 0.25) is 10.0 Å². The molecule has 1 aliphatic heterocycles. The maximum absolute atomic E-state index is 13.0. The van der Waals surface area contributed by atoms with E-state index >= 15 is 0 Å². The van der Waals surface area contributed by atoms with E-state index in [9.17, 15) is 13.2 Å². The molecule has 0 unspecified atom stereocenters. The second kappa shape index (κ2) is 9.58. The Kier molecular flexibility index (Phi) is 6.62. The van der Waals surface area contributed by atoms with Gasteiger partial charge in [-0.3, -0.25) is 4.79 Å². The average Bonchev–Trinajstić information content (AvgIpc) is 3.29. The van der Waals surface area contributed by atoms with E-state index in [1.165, 1.54) is 16.6 Å². The molecular weight excluding hydrogens is 428 g/mol. The van der Waals surface area contributed by atoms with Gasteiger partial charge >= 0.3 is 0 Å². The Labute approximate surface area is 188 Å². The van der Waals surface area contributed by atoms with Gasteiger partial charge in [0, 0.05) is 24.3 Å². The lowest BCUT2D eigenvalue weighted by Crippen LogP contribution is -2.35. The van der Waals surface area contributed by atoms with Gasteiger partial charge in [0.15, 0.2) is 5.76 Å². The summed E-state index contributed by atoms with van der Waals surface area (Å²) in [5.41, 5.74) is 1.78. The van der Waals surface area contributed by atoms with Crippen LogP contribution < -0.4 is 10.1 Å². The zero-order valence-corrected chi connectivity index (χ0v) is 18.7. The SMILES string of the molecule is Cc1ccc(S(=O)(=O)N2CCCCC2)cc1NC(=O)c1occc1COc1ccccc1. The van der Waals surface area contributed by atoms with Crippen molar-refractivity contribution in [2.45, 2.75) is 37.7 Å². The minimum absolute atomic E-state index is 0.129. The van der Waals surface area contributed by atoms with Crippen molar-refractivity contribution in [3.05, 3.63) is 77.7 Å². The summed E-state index contributed by atoms with van der Waals surface area (Å²) in [6, 6.07) is 15.8. The van der Waals surface area contributed by atoms with E-state index < -0.39 is 15.9 Å². The van der Waals surface area contributed by atoms with Crippen LogP contribution in [0.15, 0.2) is 70.2 Å². The van der Waals surface area contributed by atoms with Gasteiger partial charge in [0.1, 0.15) is 12.4 Å². The van der Waals surface area contributed by atoms with E-state index in [1.807, 2.05) is 37.3 Å². The number of benzene rings is 2. The van der Waals surface area contributed by atoms with Crippen molar-refractivity contribution < 1.29 is 22.4 Å². The monoisotopic (exact) mass is 454 g/mol. The van der Waals surface area contributed by atoms with Crippen molar-refractivity contribution >= 4 is 21.6 Å². The average molecular weight is 455 g/mol. The molecule has 4 rings (SSSR count). The molecule has 1 aromatic heterocycles. The Bertz CT molecular complexity index is 1180. The summed E-state index contributed by atoms with van der Waals surface area (Å²) < 4.78 is 38.7. The van der Waals surface area contributed by atoms with Crippen molar-refractivity contribution in [2.24, 2.45) is 0 Å². The number of rotatable bonds is 7. The molecule has 0 aliphatic carbocycles. The van der Waals surface area contributed by atoms with Gasteiger partial charge in [-0.1, -0.05) is 30.7 Å². The largest absolute Gasteiger partial charge is 0.489 e. The number of ether oxygens (including phenoxy) is 1. The number of amides is 1. The predicted molar refractivity (Wildman–Crippen MR) is 121 cm³/mol. The number of hydrogen-bond donors (Lipinski definition) is 1. The fourth-order valence-electron chi connectivity index (χ4n) is 3.66. The maximum Gasteiger partial charge on any atom is 0.291 e. The molecule has 0 radical (unpaired) electrons. The lowest BCUT2D eigenvalue weighted by molar-refractivity contribution is 0.0993. The molecule has 1 N–H and O–H groups in total. The van der Waals surface area contributed by atoms with E-state index in [0.717, 1.165) is 24.8 Å². The predicted octanol–water partition coefficient (Wildman–Crippen LogP) is 4.59. The molecule has 2 heterocycles. The van der Waals surface area contributed by atoms with Crippen LogP contribution in [0.2, 0.25) is 0 Å². The van der Waals surface area contributed by atoms with Gasteiger partial charge in [-0.25, -0.2) is 8.42 Å². The summed E-state index contributed by atoms with van der Waals surface area (Å²) >= 11 is 0. The first kappa shape index (κ1) is 22.1. The summed E-state index contributed by atoms with van der Waals surface area (Å²) in [6.07, 6.45) is 4.20. The van der Waals surface area contributed by atoms with Gasteiger partial charge in [0.05, 0.1) is 11.2 Å². The molecule has 2 aromatic carbocycles. The fraction of sp³-hybridized carbons (Fsp3) is 0.292. The molecule has 1 fully saturated rings. The number of nitrogens with zero attached hydrogens (tertiary/aromatic N) is 1. The Morgan fingerprint density at radius 2 is 1.81 bits per heavy atom. The number of piperidine rings is 1. The van der Waals surface area contributed by atoms with Crippen LogP contribution in [-0.2, 0) is 16.6 Å². The Balaban J connectivity index is 1.50. The van der Waals surface area contributed by atoms with Crippen molar-refractivity contribution in [3.8, 4) is 5.75 Å². The highest BCUT2D eigenvalue weighted by molar-refractivity contribution is 7.89. The fourth-order valence-corrected chi connectivity index (χ4v) is 5.20. The summed E-state index contributed by atoms with van der Waals surface area (Å²) in [6.45, 7) is 3.03. The van der Waals surface area contributed by atoms with Gasteiger partial charge < -0.3 is 14.5 Å². The van der Waals surface area contributed by atoms with Crippen LogP contribution in [0.3, 0.4) is 0 Å². The lowest BCUT2D eigenvalue weighted by atomic mass is 10.2. The molecule has 1 saturated heterocycles. The van der Waals surface area contributed by atoms with Crippen LogP contribution in [0.1, 0.15) is 40.9 Å². The number of aryl methyl sites for hydroxylation is 1. The number of carbonyl (C=O) groups is 1. The smallest absolute Gasteiger partial charge is 0.291 e. The first-order valence-electron chi connectivity index (χ1n) is 10.6. The van der Waals surface area contributed by atoms with E-state index in [4.69, 9.17) is 9.15 Å². The van der Waals surface area contributed by atoms with Gasteiger partial charge in [0.25, 0.3) is 5.91 Å². The molecule has 1 amide bonds. The molecule has 168 valence electrons. The molecule has 0 bridgehead atoms. The third-order valence-corrected chi connectivity index (χ3v) is 7.40. The highest BCUT2D eigenvalue weighted by atomic mass is 32.2. The summed E-state index contributed by atoms with van der Waals surface area (Å²) in [5, 5.41) is 2.80. The Morgan fingerprint density at radius 3 is 2.56 bits per heavy atom. The van der Waals surface area contributed by atoms with Gasteiger partial charge in [-0.05, 0) is 55.7 Å². The second-order valence-corrected chi connectivity index (χ2v) is 9.71. The van der Waals surface area contributed by atoms with Crippen LogP contribution in [0.4, 0.5) is 5.69 Å². The zero-order chi connectivity index (χ0) is 22.6. The number of hydrogen-bond acceptors (Lipinski definition) is 5. The molecular formula is C24H26N2O5S. The number of nitrogens with one attached hydrogen (secondary N) is 1. The number of anilines is 1. The van der Waals surface area contributed by atoms with Gasteiger partial charge in [-0.15, -0.1) is 0 Å². The van der Waals surface area contributed by atoms with Crippen molar-refractivity contribution in [1.29, 1.82) is 0 Å². The van der Waals surface area contributed by atoms with E-state index in [-0.39, 0.29) is 17.3 Å². The van der Waals surface area contributed by atoms with Crippen LogP contribution in [0, 0.1) is 6.92 Å². The Hall–Kier alpha value is -3.10. The minimum Gasteiger partial charge on any atom is -0.489 e.